The summed E-state index contributed by atoms with van der Waals surface area (Å²) in [6.45, 7) is 4.92. The number of carbonyl (C=O) groups excluding carboxylic acids is 1. The van der Waals surface area contributed by atoms with Gasteiger partial charge in [-0.15, -0.1) is 0 Å². The molecule has 116 valence electrons. The average Bonchev–Trinajstić information content (AvgIpc) is 2.87. The molecule has 1 fully saturated rings. The molecule has 1 aliphatic heterocycles. The number of nitrogens with zero attached hydrogens (tertiary/aromatic N) is 2. The number of amides is 1. The first-order valence-electron chi connectivity index (χ1n) is 8.35. The van der Waals surface area contributed by atoms with Crippen LogP contribution in [-0.4, -0.2) is 28.5 Å². The van der Waals surface area contributed by atoms with Crippen molar-refractivity contribution in [2.45, 2.75) is 64.5 Å². The highest BCUT2D eigenvalue weighted by Gasteiger charge is 2.26. The molecule has 2 aliphatic rings. The minimum Gasteiger partial charge on any atom is -0.355 e. The monoisotopic (exact) mass is 290 g/mol. The van der Waals surface area contributed by atoms with Crippen LogP contribution in [0.15, 0.2) is 0 Å². The van der Waals surface area contributed by atoms with Crippen molar-refractivity contribution in [3.8, 4) is 0 Å². The van der Waals surface area contributed by atoms with Gasteiger partial charge in [-0.25, -0.2) is 4.98 Å². The van der Waals surface area contributed by atoms with Gasteiger partial charge in [0.1, 0.15) is 12.4 Å². The molecule has 21 heavy (non-hydrogen) atoms. The zero-order chi connectivity index (χ0) is 14.7. The molecule has 0 atom stereocenters. The van der Waals surface area contributed by atoms with E-state index in [0.29, 0.717) is 19.0 Å². The largest absolute Gasteiger partial charge is 0.355 e. The Morgan fingerprint density at radius 1 is 1.38 bits per heavy atom. The summed E-state index contributed by atoms with van der Waals surface area (Å²) in [6, 6.07) is 0. The van der Waals surface area contributed by atoms with Crippen LogP contribution in [0.1, 0.15) is 62.2 Å². The van der Waals surface area contributed by atoms with Crippen molar-refractivity contribution < 1.29 is 4.79 Å². The first kappa shape index (κ1) is 14.6. The maximum absolute atomic E-state index is 12.1. The number of likely N-dealkylation sites (N-methyl/N-ethyl adjacent to an activating group) is 1. The van der Waals surface area contributed by atoms with Gasteiger partial charge < -0.3 is 15.2 Å². The van der Waals surface area contributed by atoms with E-state index in [4.69, 9.17) is 4.98 Å². The van der Waals surface area contributed by atoms with E-state index in [0.717, 1.165) is 31.0 Å². The van der Waals surface area contributed by atoms with E-state index >= 15 is 0 Å². The van der Waals surface area contributed by atoms with Gasteiger partial charge in [-0.3, -0.25) is 4.79 Å². The molecule has 1 aromatic heterocycles. The molecule has 0 unspecified atom stereocenters. The lowest BCUT2D eigenvalue weighted by Gasteiger charge is -2.23. The SMILES string of the molecule is CCNC(=O)Cn1c(C2CCCCC2)nc2c1CCNC2. The predicted molar refractivity (Wildman–Crippen MR) is 82.1 cm³/mol. The Balaban J connectivity index is 1.89. The third-order valence-electron chi connectivity index (χ3n) is 4.66. The van der Waals surface area contributed by atoms with Gasteiger partial charge in [-0.1, -0.05) is 19.3 Å². The Morgan fingerprint density at radius 3 is 2.95 bits per heavy atom. The van der Waals surface area contributed by atoms with Crippen LogP contribution >= 0.6 is 0 Å². The van der Waals surface area contributed by atoms with Crippen LogP contribution < -0.4 is 10.6 Å². The van der Waals surface area contributed by atoms with Crippen molar-refractivity contribution in [1.82, 2.24) is 20.2 Å². The molecule has 0 radical (unpaired) electrons. The summed E-state index contributed by atoms with van der Waals surface area (Å²) in [5, 5.41) is 6.30. The number of hydrogen-bond donors (Lipinski definition) is 2. The Bertz CT molecular complexity index is 503. The zero-order valence-electron chi connectivity index (χ0n) is 13.0. The molecule has 2 heterocycles. The first-order chi connectivity index (χ1) is 10.3. The fourth-order valence-electron chi connectivity index (χ4n) is 3.64. The van der Waals surface area contributed by atoms with E-state index in [9.17, 15) is 4.79 Å². The Hall–Kier alpha value is -1.36. The van der Waals surface area contributed by atoms with Crippen molar-refractivity contribution >= 4 is 5.91 Å². The molecule has 1 aliphatic carbocycles. The van der Waals surface area contributed by atoms with Crippen molar-refractivity contribution in [2.24, 2.45) is 0 Å². The Kier molecular flexibility index (Phi) is 4.58. The van der Waals surface area contributed by atoms with E-state index in [2.05, 4.69) is 15.2 Å². The predicted octanol–water partition coefficient (Wildman–Crippen LogP) is 1.71. The summed E-state index contributed by atoms with van der Waals surface area (Å²) in [4.78, 5) is 17.0. The average molecular weight is 290 g/mol. The molecular formula is C16H26N4O. The number of aromatic nitrogens is 2. The molecule has 5 nitrogen and oxygen atoms in total. The maximum atomic E-state index is 12.1. The lowest BCUT2D eigenvalue weighted by atomic mass is 9.88. The van der Waals surface area contributed by atoms with E-state index in [-0.39, 0.29) is 5.91 Å². The molecule has 0 saturated heterocycles. The van der Waals surface area contributed by atoms with E-state index < -0.39 is 0 Å². The smallest absolute Gasteiger partial charge is 0.239 e. The molecule has 0 bridgehead atoms. The van der Waals surface area contributed by atoms with Crippen LogP contribution in [0, 0.1) is 0 Å². The van der Waals surface area contributed by atoms with Crippen LogP contribution in [-0.2, 0) is 24.3 Å². The molecule has 3 rings (SSSR count). The van der Waals surface area contributed by atoms with Crippen LogP contribution in [0.25, 0.3) is 0 Å². The molecule has 1 saturated carbocycles. The van der Waals surface area contributed by atoms with Gasteiger partial charge in [0.15, 0.2) is 0 Å². The van der Waals surface area contributed by atoms with E-state index in [1.54, 1.807) is 0 Å². The Morgan fingerprint density at radius 2 is 2.19 bits per heavy atom. The summed E-state index contributed by atoms with van der Waals surface area (Å²) in [6.07, 6.45) is 7.35. The quantitative estimate of drug-likeness (QED) is 0.887. The number of imidazole rings is 1. The number of hydrogen-bond acceptors (Lipinski definition) is 3. The molecule has 2 N–H and O–H groups in total. The summed E-state index contributed by atoms with van der Waals surface area (Å²) in [5.41, 5.74) is 2.44. The second-order valence-electron chi connectivity index (χ2n) is 6.16. The third-order valence-corrected chi connectivity index (χ3v) is 4.66. The zero-order valence-corrected chi connectivity index (χ0v) is 13.0. The summed E-state index contributed by atoms with van der Waals surface area (Å²) in [5.74, 6) is 1.81. The van der Waals surface area contributed by atoms with Gasteiger partial charge in [0.25, 0.3) is 0 Å². The van der Waals surface area contributed by atoms with Gasteiger partial charge in [-0.2, -0.15) is 0 Å². The van der Waals surface area contributed by atoms with Crippen molar-refractivity contribution in [3.05, 3.63) is 17.2 Å². The fourth-order valence-corrected chi connectivity index (χ4v) is 3.64. The summed E-state index contributed by atoms with van der Waals surface area (Å²) in [7, 11) is 0. The van der Waals surface area contributed by atoms with Gasteiger partial charge in [0.05, 0.1) is 5.69 Å². The lowest BCUT2D eigenvalue weighted by molar-refractivity contribution is -0.121. The van der Waals surface area contributed by atoms with Gasteiger partial charge in [0.2, 0.25) is 5.91 Å². The van der Waals surface area contributed by atoms with Crippen LogP contribution in [0.2, 0.25) is 0 Å². The van der Waals surface area contributed by atoms with Crippen LogP contribution in [0.5, 0.6) is 0 Å². The number of rotatable bonds is 4. The molecule has 1 amide bonds. The second kappa shape index (κ2) is 6.60. The minimum atomic E-state index is 0.105. The summed E-state index contributed by atoms with van der Waals surface area (Å²) >= 11 is 0. The minimum absolute atomic E-state index is 0.105. The van der Waals surface area contributed by atoms with Gasteiger partial charge >= 0.3 is 0 Å². The van der Waals surface area contributed by atoms with Crippen LogP contribution in [0.3, 0.4) is 0 Å². The first-order valence-corrected chi connectivity index (χ1v) is 8.35. The van der Waals surface area contributed by atoms with Crippen molar-refractivity contribution in [2.75, 3.05) is 13.1 Å². The third kappa shape index (κ3) is 3.12. The number of nitrogens with one attached hydrogen (secondary N) is 2. The molecule has 5 heteroatoms. The van der Waals surface area contributed by atoms with Crippen LogP contribution in [0.4, 0.5) is 0 Å². The number of fused-ring (bicyclic) bond motifs is 1. The Labute approximate surface area is 126 Å². The highest BCUT2D eigenvalue weighted by molar-refractivity contribution is 5.75. The van der Waals surface area contributed by atoms with Crippen molar-refractivity contribution in [3.63, 3.8) is 0 Å². The molecular weight excluding hydrogens is 264 g/mol. The standard InChI is InChI=1S/C16H26N4O/c1-2-18-15(21)11-20-14-8-9-17-10-13(14)19-16(20)12-6-4-3-5-7-12/h12,17H,2-11H2,1H3,(H,18,21). The lowest BCUT2D eigenvalue weighted by Crippen LogP contribution is -2.31. The maximum Gasteiger partial charge on any atom is 0.239 e. The normalized spacial score (nSPS) is 19.3. The second-order valence-corrected chi connectivity index (χ2v) is 6.16. The fraction of sp³-hybridized carbons (Fsp3) is 0.750. The van der Waals surface area contributed by atoms with Gasteiger partial charge in [-0.05, 0) is 19.8 Å². The molecule has 0 spiro atoms. The highest BCUT2D eigenvalue weighted by Crippen LogP contribution is 2.33. The topological polar surface area (TPSA) is 59.0 Å². The summed E-state index contributed by atoms with van der Waals surface area (Å²) < 4.78 is 2.22. The number of carbonyl (C=O) groups is 1. The molecule has 0 aromatic carbocycles. The highest BCUT2D eigenvalue weighted by atomic mass is 16.1. The van der Waals surface area contributed by atoms with Gasteiger partial charge in [0, 0.05) is 37.7 Å². The van der Waals surface area contributed by atoms with E-state index in [1.807, 2.05) is 6.92 Å². The van der Waals surface area contributed by atoms with Crippen molar-refractivity contribution in [1.29, 1.82) is 0 Å². The van der Waals surface area contributed by atoms with E-state index in [1.165, 1.54) is 37.8 Å². The molecule has 1 aromatic rings.